The highest BCUT2D eigenvalue weighted by atomic mass is 35.5. The van der Waals surface area contributed by atoms with E-state index in [0.29, 0.717) is 0 Å². The van der Waals surface area contributed by atoms with Gasteiger partial charge >= 0.3 is 0 Å². The van der Waals surface area contributed by atoms with E-state index in [-0.39, 0.29) is 12.4 Å². The molecule has 0 bridgehead atoms. The smallest absolute Gasteiger partial charge is 0.272 e. The van der Waals surface area contributed by atoms with Gasteiger partial charge in [0.25, 0.3) is 5.92 Å². The van der Waals surface area contributed by atoms with Gasteiger partial charge in [-0.25, -0.2) is 8.78 Å². The molecule has 0 aliphatic heterocycles. The first-order valence-corrected chi connectivity index (χ1v) is 1.46. The molecule has 0 aromatic carbocycles. The zero-order valence-electron chi connectivity index (χ0n) is 7.82. The molecule has 0 amide bonds. The van der Waals surface area contributed by atoms with Gasteiger partial charge in [-0.15, -0.1) is 12.4 Å². The second-order valence-corrected chi connectivity index (χ2v) is 0.863. The van der Waals surface area contributed by atoms with Crippen molar-refractivity contribution in [1.82, 2.24) is 0 Å². The first-order chi connectivity index (χ1) is 4.50. The van der Waals surface area contributed by atoms with Gasteiger partial charge in [-0.1, -0.05) is 0 Å². The lowest BCUT2D eigenvalue weighted by molar-refractivity contribution is 0.0208. The molecule has 0 saturated carbocycles. The summed E-state index contributed by atoms with van der Waals surface area (Å²) in [6.45, 7) is -6.91. The maximum Gasteiger partial charge on any atom is 0.272 e. The van der Waals surface area contributed by atoms with E-state index >= 15 is 0 Å². The number of hydrogen-bond acceptors (Lipinski definition) is 2. The van der Waals surface area contributed by atoms with Crippen molar-refractivity contribution >= 4 is 12.4 Å². The summed E-state index contributed by atoms with van der Waals surface area (Å²) < 4.78 is 50.3. The Labute approximate surface area is 58.3 Å². The third-order valence-electron chi connectivity index (χ3n) is 0.363. The van der Waals surface area contributed by atoms with Gasteiger partial charge in [-0.2, -0.15) is 0 Å². The summed E-state index contributed by atoms with van der Waals surface area (Å²) in [5, 5.41) is 0. The van der Waals surface area contributed by atoms with Crippen LogP contribution in [0.5, 0.6) is 0 Å². The van der Waals surface area contributed by atoms with Crippen molar-refractivity contribution in [2.45, 2.75) is 5.92 Å². The van der Waals surface area contributed by atoms with Gasteiger partial charge in [0.05, 0.1) is 13.0 Å². The SMILES string of the molecule is Cl.[2H]C([2H])(N)C(F)(F)C([2H])([2H])N. The fourth-order valence-corrected chi connectivity index (χ4v) is 0.0417. The molecule has 0 aromatic heterocycles. The fraction of sp³-hybridized carbons (Fsp3) is 1.00. The molecule has 8 heavy (non-hydrogen) atoms. The van der Waals surface area contributed by atoms with E-state index in [9.17, 15) is 8.78 Å². The predicted molar refractivity (Wildman–Crippen MR) is 30.3 cm³/mol. The van der Waals surface area contributed by atoms with Crippen molar-refractivity contribution in [2.75, 3.05) is 13.0 Å². The van der Waals surface area contributed by atoms with Crippen LogP contribution >= 0.6 is 12.4 Å². The van der Waals surface area contributed by atoms with E-state index in [4.69, 9.17) is 5.48 Å². The van der Waals surface area contributed by atoms with Crippen molar-refractivity contribution in [3.05, 3.63) is 0 Å². The first kappa shape index (κ1) is 3.98. The third-order valence-corrected chi connectivity index (χ3v) is 0.363. The molecular formula is C3H9ClF2N2. The van der Waals surface area contributed by atoms with E-state index < -0.39 is 18.9 Å². The van der Waals surface area contributed by atoms with Crippen molar-refractivity contribution in [3.63, 3.8) is 0 Å². The van der Waals surface area contributed by atoms with Gasteiger partial charge in [0, 0.05) is 5.48 Å². The Kier molecular flexibility index (Phi) is 1.99. The van der Waals surface area contributed by atoms with Crippen molar-refractivity contribution < 1.29 is 14.3 Å². The van der Waals surface area contributed by atoms with E-state index in [1.165, 1.54) is 0 Å². The summed E-state index contributed by atoms with van der Waals surface area (Å²) in [6.07, 6.45) is 0. The fourth-order valence-electron chi connectivity index (χ4n) is 0.0417. The minimum absolute atomic E-state index is 0. The Morgan fingerprint density at radius 1 is 1.38 bits per heavy atom. The minimum atomic E-state index is -4.40. The molecule has 0 atom stereocenters. The molecule has 0 radical (unpaired) electrons. The largest absolute Gasteiger partial charge is 0.325 e. The van der Waals surface area contributed by atoms with Gasteiger partial charge in [-0.05, 0) is 0 Å². The average Bonchev–Trinajstić information content (AvgIpc) is 1.58. The molecule has 5 heteroatoms. The molecule has 0 heterocycles. The summed E-state index contributed by atoms with van der Waals surface area (Å²) in [7, 11) is 0. The summed E-state index contributed by atoms with van der Waals surface area (Å²) in [6, 6.07) is 0. The van der Waals surface area contributed by atoms with Crippen LogP contribution in [-0.4, -0.2) is 18.9 Å². The maximum atomic E-state index is 12.4. The summed E-state index contributed by atoms with van der Waals surface area (Å²) >= 11 is 0. The molecule has 0 spiro atoms. The van der Waals surface area contributed by atoms with Crippen LogP contribution in [0.2, 0.25) is 0 Å². The number of nitrogens with two attached hydrogens (primary N) is 2. The Bertz CT molecular complexity index is 137. The van der Waals surface area contributed by atoms with Crippen LogP contribution in [-0.2, 0) is 0 Å². The normalized spacial score (nSPS) is 21.5. The van der Waals surface area contributed by atoms with E-state index in [1.807, 2.05) is 0 Å². The second kappa shape index (κ2) is 4.00. The molecule has 4 N–H and O–H groups in total. The lowest BCUT2D eigenvalue weighted by atomic mass is 10.3. The second-order valence-electron chi connectivity index (χ2n) is 0.863. The standard InChI is InChI=1S/C3H8F2N2.ClH/c4-3(5,1-6)2-7;/h1-2,6-7H2;1H/i1D2,2D2;. The van der Waals surface area contributed by atoms with Crippen LogP contribution in [0.25, 0.3) is 0 Å². The lowest BCUT2D eigenvalue weighted by Crippen LogP contribution is -2.35. The van der Waals surface area contributed by atoms with E-state index in [0.717, 1.165) is 0 Å². The zero-order chi connectivity index (χ0) is 9.50. The topological polar surface area (TPSA) is 52.0 Å². The molecule has 0 fully saturated rings. The van der Waals surface area contributed by atoms with Crippen LogP contribution in [0.3, 0.4) is 0 Å². The van der Waals surface area contributed by atoms with Gasteiger partial charge in [0.15, 0.2) is 0 Å². The van der Waals surface area contributed by atoms with Gasteiger partial charge in [0.2, 0.25) is 0 Å². The number of alkyl halides is 2. The van der Waals surface area contributed by atoms with Gasteiger partial charge < -0.3 is 11.5 Å². The molecule has 0 aliphatic rings. The minimum Gasteiger partial charge on any atom is -0.325 e. The summed E-state index contributed by atoms with van der Waals surface area (Å²) in [5.41, 5.74) is 8.73. The predicted octanol–water partition coefficient (Wildman–Crippen LogP) is -0.0391. The molecule has 0 rings (SSSR count). The van der Waals surface area contributed by atoms with Crippen LogP contribution < -0.4 is 11.5 Å². The number of halogens is 3. The van der Waals surface area contributed by atoms with Crippen molar-refractivity contribution in [2.24, 2.45) is 11.5 Å². The Morgan fingerprint density at radius 3 is 1.62 bits per heavy atom. The highest BCUT2D eigenvalue weighted by molar-refractivity contribution is 5.85. The molecule has 2 nitrogen and oxygen atoms in total. The first-order valence-electron chi connectivity index (χ1n) is 3.46. The molecule has 52 valence electrons. The molecule has 0 aromatic rings. The quantitative estimate of drug-likeness (QED) is 0.581. The summed E-state index contributed by atoms with van der Waals surface area (Å²) in [5.74, 6) is -4.40. The van der Waals surface area contributed by atoms with Gasteiger partial charge in [0.1, 0.15) is 0 Å². The Hall–Kier alpha value is 0.0700. The lowest BCUT2D eigenvalue weighted by Gasteiger charge is -2.07. The molecule has 0 saturated heterocycles. The van der Waals surface area contributed by atoms with Gasteiger partial charge in [-0.3, -0.25) is 0 Å². The summed E-state index contributed by atoms with van der Waals surface area (Å²) in [4.78, 5) is 0. The van der Waals surface area contributed by atoms with E-state index in [2.05, 4.69) is 11.5 Å². The third kappa shape index (κ3) is 4.23. The molecular weight excluding hydrogens is 137 g/mol. The zero-order valence-corrected chi connectivity index (χ0v) is 4.64. The number of hydrogen-bond donors (Lipinski definition) is 2. The average molecular weight is 151 g/mol. The van der Waals surface area contributed by atoms with Crippen LogP contribution in [0.15, 0.2) is 0 Å². The van der Waals surface area contributed by atoms with Crippen molar-refractivity contribution in [1.29, 1.82) is 0 Å². The highest BCUT2D eigenvalue weighted by Crippen LogP contribution is 2.06. The van der Waals surface area contributed by atoms with E-state index in [1.54, 1.807) is 0 Å². The number of rotatable bonds is 2. The molecule has 0 unspecified atom stereocenters. The monoisotopic (exact) mass is 150 g/mol. The Morgan fingerprint density at radius 2 is 1.62 bits per heavy atom. The van der Waals surface area contributed by atoms with Crippen LogP contribution in [0.1, 0.15) is 5.48 Å². The maximum absolute atomic E-state index is 12.4. The van der Waals surface area contributed by atoms with Crippen LogP contribution in [0, 0.1) is 0 Å². The molecule has 0 aliphatic carbocycles. The van der Waals surface area contributed by atoms with Crippen LogP contribution in [0.4, 0.5) is 8.78 Å². The van der Waals surface area contributed by atoms with Crippen molar-refractivity contribution in [3.8, 4) is 0 Å². The Balaban J connectivity index is 0. The highest BCUT2D eigenvalue weighted by Gasteiger charge is 2.23.